The molecule has 0 heterocycles. The Labute approximate surface area is 183 Å². The minimum absolute atomic E-state index is 0.488. The van der Waals surface area contributed by atoms with Gasteiger partial charge in [0.2, 0.25) is 0 Å². The van der Waals surface area contributed by atoms with Gasteiger partial charge in [0.1, 0.15) is 24.7 Å². The Bertz CT molecular complexity index is 560. The molecule has 0 amide bonds. The van der Waals surface area contributed by atoms with Crippen LogP contribution in [-0.2, 0) is 9.47 Å². The molecule has 168 valence electrons. The molecule has 2 aromatic rings. The molecule has 1 aliphatic carbocycles. The summed E-state index contributed by atoms with van der Waals surface area (Å²) in [6.07, 6.45) is 5.39. The minimum atomic E-state index is -0.488. The summed E-state index contributed by atoms with van der Waals surface area (Å²) >= 11 is 0. The number of hydrogen-bond acceptors (Lipinski definition) is 4. The number of benzene rings is 2. The van der Waals surface area contributed by atoms with Crippen LogP contribution in [0.15, 0.2) is 60.7 Å². The highest BCUT2D eigenvalue weighted by Crippen LogP contribution is 2.32. The van der Waals surface area contributed by atoms with Crippen molar-refractivity contribution in [3.63, 3.8) is 0 Å². The van der Waals surface area contributed by atoms with Gasteiger partial charge in [0.25, 0.3) is 0 Å². The van der Waals surface area contributed by atoms with E-state index in [9.17, 15) is 0 Å². The molecule has 0 aliphatic heterocycles. The number of para-hydroxylation sites is 2. The fourth-order valence-corrected chi connectivity index (χ4v) is 3.23. The Morgan fingerprint density at radius 1 is 0.567 bits per heavy atom. The molecule has 4 heteroatoms. The Hall–Kier alpha value is -2.04. The zero-order valence-corrected chi connectivity index (χ0v) is 19.3. The monoisotopic (exact) mass is 416 g/mol. The molecular formula is C26H40O4. The van der Waals surface area contributed by atoms with Crippen molar-refractivity contribution >= 4 is 0 Å². The van der Waals surface area contributed by atoms with Crippen LogP contribution in [0.5, 0.6) is 11.5 Å². The Morgan fingerprint density at radius 2 is 0.967 bits per heavy atom. The van der Waals surface area contributed by atoms with Crippen molar-refractivity contribution in [1.29, 1.82) is 0 Å². The second kappa shape index (κ2) is 16.7. The molecule has 0 atom stereocenters. The maximum absolute atomic E-state index is 6.14. The first-order chi connectivity index (χ1) is 14.9. The molecule has 4 nitrogen and oxygen atoms in total. The van der Waals surface area contributed by atoms with E-state index in [-0.39, 0.29) is 0 Å². The molecule has 1 saturated carbocycles. The van der Waals surface area contributed by atoms with E-state index >= 15 is 0 Å². The van der Waals surface area contributed by atoms with Gasteiger partial charge in [-0.1, -0.05) is 70.5 Å². The molecule has 30 heavy (non-hydrogen) atoms. The Morgan fingerprint density at radius 3 is 1.37 bits per heavy atom. The maximum atomic E-state index is 6.14. The lowest BCUT2D eigenvalue weighted by Crippen LogP contribution is -2.40. The third-order valence-corrected chi connectivity index (χ3v) is 4.54. The molecule has 3 rings (SSSR count). The van der Waals surface area contributed by atoms with E-state index in [1.807, 2.05) is 88.4 Å². The van der Waals surface area contributed by atoms with Crippen molar-refractivity contribution in [3.05, 3.63) is 60.7 Å². The summed E-state index contributed by atoms with van der Waals surface area (Å²) in [5.74, 6) is 1.25. The van der Waals surface area contributed by atoms with E-state index in [0.717, 1.165) is 37.2 Å². The van der Waals surface area contributed by atoms with Crippen LogP contribution < -0.4 is 9.47 Å². The largest absolute Gasteiger partial charge is 0.491 e. The lowest BCUT2D eigenvalue weighted by atomic mass is 9.94. The van der Waals surface area contributed by atoms with Crippen LogP contribution in [0.2, 0.25) is 0 Å². The zero-order valence-electron chi connectivity index (χ0n) is 19.3. The summed E-state index contributed by atoms with van der Waals surface area (Å²) in [4.78, 5) is 0. The summed E-state index contributed by atoms with van der Waals surface area (Å²) in [7, 11) is 0. The SMILES string of the molecule is CC.CC.c1ccc(OCCOC2(OCCOc3ccccc3)CCCCC2)cc1. The zero-order chi connectivity index (χ0) is 21.9. The molecule has 0 radical (unpaired) electrons. The standard InChI is InChI=1S/C22H28O4.2C2H6/c1-4-10-20(11-5-1)23-16-18-25-22(14-8-3-9-15-22)26-19-17-24-21-12-6-2-7-13-21;2*1-2/h1-2,4-7,10-13H,3,8-9,14-19H2;2*1-2H3. The average molecular weight is 417 g/mol. The number of rotatable bonds is 10. The summed E-state index contributed by atoms with van der Waals surface area (Å²) in [6.45, 7) is 10.1. The molecule has 0 N–H and O–H groups in total. The molecule has 0 aromatic heterocycles. The quantitative estimate of drug-likeness (QED) is 0.312. The van der Waals surface area contributed by atoms with Crippen molar-refractivity contribution in [2.45, 2.75) is 65.6 Å². The van der Waals surface area contributed by atoms with Crippen molar-refractivity contribution in [2.75, 3.05) is 26.4 Å². The topological polar surface area (TPSA) is 36.9 Å². The first-order valence-corrected chi connectivity index (χ1v) is 11.5. The lowest BCUT2D eigenvalue weighted by Gasteiger charge is -2.37. The summed E-state index contributed by atoms with van der Waals surface area (Å²) < 4.78 is 23.7. The number of ether oxygens (including phenoxy) is 4. The fraction of sp³-hybridized carbons (Fsp3) is 0.538. The summed E-state index contributed by atoms with van der Waals surface area (Å²) in [5.41, 5.74) is 0. The molecule has 2 aromatic carbocycles. The van der Waals surface area contributed by atoms with Gasteiger partial charge in [0.15, 0.2) is 5.79 Å². The lowest BCUT2D eigenvalue weighted by molar-refractivity contribution is -0.256. The third-order valence-electron chi connectivity index (χ3n) is 4.54. The highest BCUT2D eigenvalue weighted by Gasteiger charge is 2.33. The molecule has 0 bridgehead atoms. The Kier molecular flexibility index (Phi) is 14.5. The maximum Gasteiger partial charge on any atom is 0.168 e. The molecule has 1 fully saturated rings. The van der Waals surface area contributed by atoms with Gasteiger partial charge in [-0.05, 0) is 37.1 Å². The van der Waals surface area contributed by atoms with Crippen molar-refractivity contribution in [2.24, 2.45) is 0 Å². The van der Waals surface area contributed by atoms with Crippen LogP contribution in [0.1, 0.15) is 59.8 Å². The molecule has 0 unspecified atom stereocenters. The fourth-order valence-electron chi connectivity index (χ4n) is 3.23. The highest BCUT2D eigenvalue weighted by atomic mass is 16.7. The van der Waals surface area contributed by atoms with Crippen LogP contribution in [0, 0.1) is 0 Å². The predicted molar refractivity (Wildman–Crippen MR) is 124 cm³/mol. The van der Waals surface area contributed by atoms with E-state index in [4.69, 9.17) is 18.9 Å². The van der Waals surface area contributed by atoms with Crippen LogP contribution in [0.3, 0.4) is 0 Å². The Balaban J connectivity index is 0.00000106. The third kappa shape index (κ3) is 10.1. The normalized spacial score (nSPS) is 14.4. The van der Waals surface area contributed by atoms with E-state index in [0.29, 0.717) is 26.4 Å². The van der Waals surface area contributed by atoms with Gasteiger partial charge in [-0.15, -0.1) is 0 Å². The minimum Gasteiger partial charge on any atom is -0.491 e. The van der Waals surface area contributed by atoms with Gasteiger partial charge in [-0.3, -0.25) is 0 Å². The van der Waals surface area contributed by atoms with Gasteiger partial charge in [0, 0.05) is 12.8 Å². The summed E-state index contributed by atoms with van der Waals surface area (Å²) in [6, 6.07) is 19.6. The average Bonchev–Trinajstić information content (AvgIpc) is 2.84. The molecular weight excluding hydrogens is 376 g/mol. The van der Waals surface area contributed by atoms with E-state index in [1.54, 1.807) is 0 Å². The van der Waals surface area contributed by atoms with Gasteiger partial charge < -0.3 is 18.9 Å². The molecule has 0 saturated heterocycles. The van der Waals surface area contributed by atoms with Gasteiger partial charge in [0.05, 0.1) is 13.2 Å². The van der Waals surface area contributed by atoms with Gasteiger partial charge >= 0.3 is 0 Å². The molecule has 1 aliphatic rings. The summed E-state index contributed by atoms with van der Waals surface area (Å²) in [5, 5.41) is 0. The van der Waals surface area contributed by atoms with Crippen molar-refractivity contribution in [3.8, 4) is 11.5 Å². The van der Waals surface area contributed by atoms with Crippen molar-refractivity contribution < 1.29 is 18.9 Å². The van der Waals surface area contributed by atoms with Crippen LogP contribution >= 0.6 is 0 Å². The van der Waals surface area contributed by atoms with E-state index in [2.05, 4.69) is 0 Å². The van der Waals surface area contributed by atoms with Crippen LogP contribution in [0.25, 0.3) is 0 Å². The first kappa shape index (κ1) is 26.0. The predicted octanol–water partition coefficient (Wildman–Crippen LogP) is 6.89. The van der Waals surface area contributed by atoms with E-state index < -0.39 is 5.79 Å². The smallest absolute Gasteiger partial charge is 0.168 e. The highest BCUT2D eigenvalue weighted by molar-refractivity contribution is 5.21. The van der Waals surface area contributed by atoms with E-state index in [1.165, 1.54) is 6.42 Å². The van der Waals surface area contributed by atoms with Crippen LogP contribution in [-0.4, -0.2) is 32.2 Å². The first-order valence-electron chi connectivity index (χ1n) is 11.5. The van der Waals surface area contributed by atoms with Crippen LogP contribution in [0.4, 0.5) is 0 Å². The van der Waals surface area contributed by atoms with Gasteiger partial charge in [-0.25, -0.2) is 0 Å². The van der Waals surface area contributed by atoms with Gasteiger partial charge in [-0.2, -0.15) is 0 Å². The second-order valence-corrected chi connectivity index (χ2v) is 6.49. The van der Waals surface area contributed by atoms with Crippen molar-refractivity contribution in [1.82, 2.24) is 0 Å². The second-order valence-electron chi connectivity index (χ2n) is 6.49. The molecule has 0 spiro atoms. The number of hydrogen-bond donors (Lipinski definition) is 0.